The number of rotatable bonds is 2. The number of hydrogen-bond donors (Lipinski definition) is 0. The fourth-order valence-electron chi connectivity index (χ4n) is 2.69. The van der Waals surface area contributed by atoms with Crippen molar-refractivity contribution in [2.45, 2.75) is 57.5 Å². The van der Waals surface area contributed by atoms with Crippen LogP contribution in [-0.4, -0.2) is 22.9 Å². The van der Waals surface area contributed by atoms with E-state index in [0.29, 0.717) is 18.0 Å². The number of nitrogens with zero attached hydrogens (tertiary/aromatic N) is 1. The lowest BCUT2D eigenvalue weighted by Crippen LogP contribution is -2.34. The van der Waals surface area contributed by atoms with E-state index in [4.69, 9.17) is 0 Å². The fourth-order valence-corrected chi connectivity index (χ4v) is 2.69. The number of hydrogen-bond acceptors (Lipinski definition) is 1. The van der Waals surface area contributed by atoms with Gasteiger partial charge >= 0.3 is 0 Å². The van der Waals surface area contributed by atoms with Gasteiger partial charge in [-0.3, -0.25) is 4.79 Å². The summed E-state index contributed by atoms with van der Waals surface area (Å²) in [4.78, 5) is 13.6. The van der Waals surface area contributed by atoms with E-state index in [1.165, 1.54) is 25.7 Å². The zero-order chi connectivity index (χ0) is 8.55. The lowest BCUT2D eigenvalue weighted by atomic mass is 10.1. The van der Waals surface area contributed by atoms with E-state index in [1.807, 2.05) is 0 Å². The van der Waals surface area contributed by atoms with Crippen LogP contribution in [0.15, 0.2) is 0 Å². The van der Waals surface area contributed by atoms with Crippen molar-refractivity contribution < 1.29 is 4.79 Å². The molecule has 2 fully saturated rings. The fraction of sp³-hybridized carbons (Fsp3) is 0.900. The molecule has 0 spiro atoms. The van der Waals surface area contributed by atoms with Gasteiger partial charge in [-0.25, -0.2) is 0 Å². The topological polar surface area (TPSA) is 20.3 Å². The summed E-state index contributed by atoms with van der Waals surface area (Å²) < 4.78 is 0. The number of carbonyl (C=O) groups is 1. The van der Waals surface area contributed by atoms with Crippen LogP contribution in [0.5, 0.6) is 0 Å². The molecule has 2 saturated heterocycles. The van der Waals surface area contributed by atoms with Gasteiger partial charge in [0.1, 0.15) is 0 Å². The standard InChI is InChI=1S/C10H17NO/c1-2-3-8-4-5-9-6-7-10(12)11(8)9/h8-9H,2-7H2,1H3. The molecule has 2 heterocycles. The second-order valence-corrected chi connectivity index (χ2v) is 4.01. The molecule has 2 aliphatic heterocycles. The Bertz CT molecular complexity index is 188. The lowest BCUT2D eigenvalue weighted by molar-refractivity contribution is -0.129. The van der Waals surface area contributed by atoms with Gasteiger partial charge in [-0.05, 0) is 25.7 Å². The molecule has 2 unspecified atom stereocenters. The van der Waals surface area contributed by atoms with Gasteiger partial charge in [0.05, 0.1) is 0 Å². The highest BCUT2D eigenvalue weighted by atomic mass is 16.2. The van der Waals surface area contributed by atoms with Crippen molar-refractivity contribution >= 4 is 5.91 Å². The molecule has 2 aliphatic rings. The third kappa shape index (κ3) is 1.13. The monoisotopic (exact) mass is 167 g/mol. The third-order valence-electron chi connectivity index (χ3n) is 3.22. The maximum absolute atomic E-state index is 11.5. The second kappa shape index (κ2) is 3.08. The summed E-state index contributed by atoms with van der Waals surface area (Å²) in [6.45, 7) is 2.20. The Balaban J connectivity index is 2.04. The zero-order valence-electron chi connectivity index (χ0n) is 7.75. The Morgan fingerprint density at radius 2 is 2.25 bits per heavy atom. The number of fused-ring (bicyclic) bond motifs is 1. The normalized spacial score (nSPS) is 34.4. The first-order chi connectivity index (χ1) is 5.83. The SMILES string of the molecule is CCCC1CCC2CCC(=O)N12. The van der Waals surface area contributed by atoms with E-state index in [2.05, 4.69) is 11.8 Å². The molecule has 2 nitrogen and oxygen atoms in total. The summed E-state index contributed by atoms with van der Waals surface area (Å²) in [5, 5.41) is 0. The molecule has 68 valence electrons. The molecule has 0 aromatic rings. The molecular weight excluding hydrogens is 150 g/mol. The Kier molecular flexibility index (Phi) is 2.07. The maximum Gasteiger partial charge on any atom is 0.223 e. The molecule has 0 N–H and O–H groups in total. The summed E-state index contributed by atoms with van der Waals surface area (Å²) in [5.41, 5.74) is 0. The van der Waals surface area contributed by atoms with Gasteiger partial charge < -0.3 is 4.90 Å². The van der Waals surface area contributed by atoms with Crippen molar-refractivity contribution in [3.8, 4) is 0 Å². The van der Waals surface area contributed by atoms with Crippen LogP contribution in [-0.2, 0) is 4.79 Å². The van der Waals surface area contributed by atoms with Gasteiger partial charge in [0.15, 0.2) is 0 Å². The predicted molar refractivity (Wildman–Crippen MR) is 47.8 cm³/mol. The first-order valence-corrected chi connectivity index (χ1v) is 5.14. The molecule has 0 radical (unpaired) electrons. The number of carbonyl (C=O) groups excluding carboxylic acids is 1. The second-order valence-electron chi connectivity index (χ2n) is 4.01. The minimum Gasteiger partial charge on any atom is -0.337 e. The smallest absolute Gasteiger partial charge is 0.223 e. The Labute approximate surface area is 73.9 Å². The molecule has 0 bridgehead atoms. The summed E-state index contributed by atoms with van der Waals surface area (Å²) in [6.07, 6.45) is 6.87. The first-order valence-electron chi connectivity index (χ1n) is 5.14. The van der Waals surface area contributed by atoms with Crippen LogP contribution in [0.2, 0.25) is 0 Å². The highest BCUT2D eigenvalue weighted by Gasteiger charge is 2.40. The van der Waals surface area contributed by atoms with Crippen LogP contribution in [0.4, 0.5) is 0 Å². The Morgan fingerprint density at radius 3 is 3.00 bits per heavy atom. The van der Waals surface area contributed by atoms with Crippen molar-refractivity contribution in [2.24, 2.45) is 0 Å². The molecule has 0 saturated carbocycles. The average Bonchev–Trinajstić information content (AvgIpc) is 2.58. The molecule has 12 heavy (non-hydrogen) atoms. The number of amides is 1. The van der Waals surface area contributed by atoms with Crippen LogP contribution in [0, 0.1) is 0 Å². The zero-order valence-corrected chi connectivity index (χ0v) is 7.75. The van der Waals surface area contributed by atoms with E-state index in [-0.39, 0.29) is 0 Å². The van der Waals surface area contributed by atoms with Gasteiger partial charge in [-0.1, -0.05) is 13.3 Å². The maximum atomic E-state index is 11.5. The summed E-state index contributed by atoms with van der Waals surface area (Å²) in [7, 11) is 0. The highest BCUT2D eigenvalue weighted by molar-refractivity contribution is 5.79. The van der Waals surface area contributed by atoms with Gasteiger partial charge in [0.2, 0.25) is 5.91 Å². The Morgan fingerprint density at radius 1 is 1.42 bits per heavy atom. The van der Waals surface area contributed by atoms with E-state index in [0.717, 1.165) is 12.8 Å². The van der Waals surface area contributed by atoms with Crippen LogP contribution in [0.25, 0.3) is 0 Å². The van der Waals surface area contributed by atoms with Crippen molar-refractivity contribution in [3.05, 3.63) is 0 Å². The van der Waals surface area contributed by atoms with E-state index in [9.17, 15) is 4.79 Å². The Hall–Kier alpha value is -0.530. The van der Waals surface area contributed by atoms with E-state index >= 15 is 0 Å². The van der Waals surface area contributed by atoms with E-state index in [1.54, 1.807) is 0 Å². The van der Waals surface area contributed by atoms with Crippen molar-refractivity contribution in [2.75, 3.05) is 0 Å². The minimum absolute atomic E-state index is 0.413. The van der Waals surface area contributed by atoms with Crippen molar-refractivity contribution in [1.82, 2.24) is 4.90 Å². The molecule has 0 aromatic carbocycles. The molecule has 0 aliphatic carbocycles. The van der Waals surface area contributed by atoms with Gasteiger partial charge in [-0.2, -0.15) is 0 Å². The van der Waals surface area contributed by atoms with Gasteiger partial charge in [-0.15, -0.1) is 0 Å². The summed E-state index contributed by atoms with van der Waals surface area (Å²) >= 11 is 0. The molecule has 2 heteroatoms. The van der Waals surface area contributed by atoms with Crippen molar-refractivity contribution in [3.63, 3.8) is 0 Å². The molecule has 2 rings (SSSR count). The minimum atomic E-state index is 0.413. The lowest BCUT2D eigenvalue weighted by Gasteiger charge is -2.23. The van der Waals surface area contributed by atoms with Crippen molar-refractivity contribution in [1.29, 1.82) is 0 Å². The molecular formula is C10H17NO. The molecule has 2 atom stereocenters. The van der Waals surface area contributed by atoms with Crippen LogP contribution < -0.4 is 0 Å². The van der Waals surface area contributed by atoms with Crippen LogP contribution in [0.3, 0.4) is 0 Å². The first kappa shape index (κ1) is 8.09. The van der Waals surface area contributed by atoms with Crippen LogP contribution in [0.1, 0.15) is 45.4 Å². The summed E-state index contributed by atoms with van der Waals surface area (Å²) in [6, 6.07) is 1.21. The van der Waals surface area contributed by atoms with E-state index < -0.39 is 0 Å². The largest absolute Gasteiger partial charge is 0.337 e. The summed E-state index contributed by atoms with van der Waals surface area (Å²) in [5.74, 6) is 0.413. The quantitative estimate of drug-likeness (QED) is 0.615. The highest BCUT2D eigenvalue weighted by Crippen LogP contribution is 2.34. The predicted octanol–water partition coefficient (Wildman–Crippen LogP) is 1.94. The van der Waals surface area contributed by atoms with Gasteiger partial charge in [0, 0.05) is 18.5 Å². The third-order valence-corrected chi connectivity index (χ3v) is 3.22. The van der Waals surface area contributed by atoms with Gasteiger partial charge in [0.25, 0.3) is 0 Å². The molecule has 1 amide bonds. The van der Waals surface area contributed by atoms with Crippen LogP contribution >= 0.6 is 0 Å². The average molecular weight is 167 g/mol. The molecule has 0 aromatic heterocycles.